The number of ether oxygens (including phenoxy) is 1. The monoisotopic (exact) mass is 296 g/mol. The number of hydrogen-bond donors (Lipinski definition) is 0. The van der Waals surface area contributed by atoms with Gasteiger partial charge >= 0.3 is 6.18 Å². The van der Waals surface area contributed by atoms with Gasteiger partial charge in [0.25, 0.3) is 0 Å². The Morgan fingerprint density at radius 1 is 1.38 bits per heavy atom. The molecule has 0 saturated carbocycles. The first-order valence-corrected chi connectivity index (χ1v) is 5.36. The lowest BCUT2D eigenvalue weighted by Crippen LogP contribution is -2.09. The normalized spacial score (nSPS) is 11.3. The van der Waals surface area contributed by atoms with E-state index in [0.29, 0.717) is 0 Å². The molecular formula is C10H8BrF3O2. The van der Waals surface area contributed by atoms with Crippen molar-refractivity contribution in [3.8, 4) is 5.75 Å². The molecule has 0 radical (unpaired) electrons. The molecule has 0 spiro atoms. The van der Waals surface area contributed by atoms with Crippen LogP contribution in [0, 0.1) is 0 Å². The third-order valence-corrected chi connectivity index (χ3v) is 2.42. The van der Waals surface area contributed by atoms with E-state index in [-0.39, 0.29) is 16.6 Å². The SMILES string of the molecule is COc1cc(C(=O)CBr)cc(C(F)(F)F)c1. The van der Waals surface area contributed by atoms with Gasteiger partial charge in [-0.25, -0.2) is 0 Å². The Kier molecular flexibility index (Phi) is 3.96. The zero-order chi connectivity index (χ0) is 12.3. The predicted octanol–water partition coefficient (Wildman–Crippen LogP) is 3.29. The summed E-state index contributed by atoms with van der Waals surface area (Å²) in [5, 5.41) is -0.0303. The Morgan fingerprint density at radius 2 is 2.00 bits per heavy atom. The van der Waals surface area contributed by atoms with Crippen LogP contribution in [-0.4, -0.2) is 18.2 Å². The number of benzene rings is 1. The van der Waals surface area contributed by atoms with Crippen molar-refractivity contribution in [3.05, 3.63) is 29.3 Å². The molecule has 0 fully saturated rings. The Bertz CT molecular complexity index is 402. The third kappa shape index (κ3) is 2.98. The van der Waals surface area contributed by atoms with Crippen LogP contribution in [0.4, 0.5) is 13.2 Å². The highest BCUT2D eigenvalue weighted by Gasteiger charge is 2.31. The Hall–Kier alpha value is -1.04. The molecule has 6 heteroatoms. The highest BCUT2D eigenvalue weighted by molar-refractivity contribution is 9.09. The first kappa shape index (κ1) is 13.0. The minimum absolute atomic E-state index is 0.0131. The molecule has 1 rings (SSSR count). The molecule has 1 aromatic carbocycles. The van der Waals surface area contributed by atoms with E-state index in [4.69, 9.17) is 4.74 Å². The van der Waals surface area contributed by atoms with E-state index >= 15 is 0 Å². The predicted molar refractivity (Wildman–Crippen MR) is 56.1 cm³/mol. The summed E-state index contributed by atoms with van der Waals surface area (Å²) in [4.78, 5) is 11.3. The molecule has 0 N–H and O–H groups in total. The van der Waals surface area contributed by atoms with Gasteiger partial charge in [-0.1, -0.05) is 15.9 Å². The highest BCUT2D eigenvalue weighted by Crippen LogP contribution is 2.32. The van der Waals surface area contributed by atoms with Crippen molar-refractivity contribution in [1.82, 2.24) is 0 Å². The lowest BCUT2D eigenvalue weighted by Gasteiger charge is -2.10. The van der Waals surface area contributed by atoms with Crippen LogP contribution in [-0.2, 0) is 6.18 Å². The van der Waals surface area contributed by atoms with Gasteiger partial charge in [-0.3, -0.25) is 4.79 Å². The average Bonchev–Trinajstić information content (AvgIpc) is 2.26. The van der Waals surface area contributed by atoms with Gasteiger partial charge in [0.05, 0.1) is 18.0 Å². The van der Waals surface area contributed by atoms with Gasteiger partial charge in [-0.2, -0.15) is 13.2 Å². The molecule has 88 valence electrons. The number of alkyl halides is 4. The molecule has 1 aromatic rings. The maximum absolute atomic E-state index is 12.5. The summed E-state index contributed by atoms with van der Waals surface area (Å²) < 4.78 is 42.1. The van der Waals surface area contributed by atoms with Gasteiger partial charge in [-0.05, 0) is 18.2 Å². The number of halogens is 4. The van der Waals surface area contributed by atoms with Gasteiger partial charge in [0.2, 0.25) is 0 Å². The number of carbonyl (C=O) groups is 1. The lowest BCUT2D eigenvalue weighted by molar-refractivity contribution is -0.137. The summed E-state index contributed by atoms with van der Waals surface area (Å²) in [5.41, 5.74) is -0.917. The standard InChI is InChI=1S/C10H8BrF3O2/c1-16-8-3-6(9(15)5-11)2-7(4-8)10(12,13)14/h2-4H,5H2,1H3. The number of ketones is 1. The number of methoxy groups -OCH3 is 1. The zero-order valence-corrected chi connectivity index (χ0v) is 9.85. The second-order valence-corrected chi connectivity index (χ2v) is 3.57. The number of rotatable bonds is 3. The smallest absolute Gasteiger partial charge is 0.416 e. The molecule has 0 aliphatic rings. The molecule has 0 bridgehead atoms. The number of Topliss-reactive ketones (excluding diaryl/α,β-unsaturated/α-hetero) is 1. The quantitative estimate of drug-likeness (QED) is 0.632. The van der Waals surface area contributed by atoms with Crippen LogP contribution in [0.25, 0.3) is 0 Å². The molecule has 0 heterocycles. The number of carbonyl (C=O) groups excluding carboxylic acids is 1. The van der Waals surface area contributed by atoms with E-state index in [1.807, 2.05) is 0 Å². The first-order chi connectivity index (χ1) is 7.38. The zero-order valence-electron chi connectivity index (χ0n) is 8.27. The molecule has 0 atom stereocenters. The van der Waals surface area contributed by atoms with Crippen LogP contribution in [0.15, 0.2) is 18.2 Å². The van der Waals surface area contributed by atoms with Gasteiger partial charge in [-0.15, -0.1) is 0 Å². The second kappa shape index (κ2) is 4.86. The Morgan fingerprint density at radius 3 is 2.44 bits per heavy atom. The molecule has 0 saturated heterocycles. The summed E-state index contributed by atoms with van der Waals surface area (Å²) >= 11 is 2.90. The third-order valence-electron chi connectivity index (χ3n) is 1.91. The molecule has 0 aliphatic heterocycles. The first-order valence-electron chi connectivity index (χ1n) is 4.24. The molecule has 0 aliphatic carbocycles. The van der Waals surface area contributed by atoms with Gasteiger partial charge < -0.3 is 4.74 Å². The molecule has 0 aromatic heterocycles. The van der Waals surface area contributed by atoms with E-state index in [0.717, 1.165) is 12.1 Å². The summed E-state index contributed by atoms with van der Waals surface area (Å²) in [7, 11) is 1.25. The van der Waals surface area contributed by atoms with E-state index in [9.17, 15) is 18.0 Å². The highest BCUT2D eigenvalue weighted by atomic mass is 79.9. The van der Waals surface area contributed by atoms with Gasteiger partial charge in [0, 0.05) is 5.56 Å². The average molecular weight is 297 g/mol. The van der Waals surface area contributed by atoms with E-state index in [1.54, 1.807) is 0 Å². The summed E-state index contributed by atoms with van der Waals surface area (Å²) in [6.07, 6.45) is -4.49. The van der Waals surface area contributed by atoms with Crippen molar-refractivity contribution in [3.63, 3.8) is 0 Å². The summed E-state index contributed by atoms with van der Waals surface area (Å²) in [6.45, 7) is 0. The molecule has 16 heavy (non-hydrogen) atoms. The molecular weight excluding hydrogens is 289 g/mol. The van der Waals surface area contributed by atoms with E-state index in [1.165, 1.54) is 13.2 Å². The Balaban J connectivity index is 3.27. The second-order valence-electron chi connectivity index (χ2n) is 3.00. The van der Waals surface area contributed by atoms with Crippen molar-refractivity contribution in [2.45, 2.75) is 6.18 Å². The Labute approximate surface area is 98.5 Å². The largest absolute Gasteiger partial charge is 0.497 e. The van der Waals surface area contributed by atoms with Crippen molar-refractivity contribution in [2.24, 2.45) is 0 Å². The summed E-state index contributed by atoms with van der Waals surface area (Å²) in [6, 6.07) is 2.94. The lowest BCUT2D eigenvalue weighted by atomic mass is 10.1. The van der Waals surface area contributed by atoms with E-state index < -0.39 is 17.5 Å². The maximum Gasteiger partial charge on any atom is 0.416 e. The summed E-state index contributed by atoms with van der Waals surface area (Å²) in [5.74, 6) is -0.413. The van der Waals surface area contributed by atoms with Crippen LogP contribution in [0.2, 0.25) is 0 Å². The molecule has 0 amide bonds. The van der Waals surface area contributed by atoms with Crippen molar-refractivity contribution in [2.75, 3.05) is 12.4 Å². The van der Waals surface area contributed by atoms with E-state index in [2.05, 4.69) is 15.9 Å². The van der Waals surface area contributed by atoms with Crippen molar-refractivity contribution >= 4 is 21.7 Å². The van der Waals surface area contributed by atoms with Crippen LogP contribution < -0.4 is 4.74 Å². The van der Waals surface area contributed by atoms with Crippen molar-refractivity contribution in [1.29, 1.82) is 0 Å². The van der Waals surface area contributed by atoms with Crippen LogP contribution in [0.5, 0.6) is 5.75 Å². The van der Waals surface area contributed by atoms with Crippen LogP contribution in [0.1, 0.15) is 15.9 Å². The van der Waals surface area contributed by atoms with Gasteiger partial charge in [0.15, 0.2) is 5.78 Å². The maximum atomic E-state index is 12.5. The van der Waals surface area contributed by atoms with Crippen LogP contribution >= 0.6 is 15.9 Å². The number of hydrogen-bond acceptors (Lipinski definition) is 2. The fourth-order valence-corrected chi connectivity index (χ4v) is 1.44. The minimum atomic E-state index is -4.49. The minimum Gasteiger partial charge on any atom is -0.497 e. The fraction of sp³-hybridized carbons (Fsp3) is 0.300. The molecule has 0 unspecified atom stereocenters. The van der Waals surface area contributed by atoms with Crippen LogP contribution in [0.3, 0.4) is 0 Å². The molecule has 2 nitrogen and oxygen atoms in total. The van der Waals surface area contributed by atoms with Gasteiger partial charge in [0.1, 0.15) is 5.75 Å². The topological polar surface area (TPSA) is 26.3 Å². The van der Waals surface area contributed by atoms with Crippen molar-refractivity contribution < 1.29 is 22.7 Å². The fourth-order valence-electron chi connectivity index (χ4n) is 1.12.